The molecule has 4 aromatic rings. The first-order valence-electron chi connectivity index (χ1n) is 10.5. The number of hydrogen-bond acceptors (Lipinski definition) is 4. The third kappa shape index (κ3) is 4.60. The van der Waals surface area contributed by atoms with Crippen molar-refractivity contribution in [2.24, 2.45) is 4.99 Å². The van der Waals surface area contributed by atoms with Gasteiger partial charge >= 0.3 is 5.97 Å². The number of aromatic carboxylic acids is 1. The van der Waals surface area contributed by atoms with Crippen LogP contribution < -0.4 is 0 Å². The van der Waals surface area contributed by atoms with E-state index in [9.17, 15) is 19.4 Å². The van der Waals surface area contributed by atoms with Gasteiger partial charge in [-0.1, -0.05) is 42.5 Å². The number of carboxylic acids is 1. The number of nitrogens with zero attached hydrogens (tertiary/aromatic N) is 2. The number of halogens is 1. The molecule has 1 aromatic heterocycles. The summed E-state index contributed by atoms with van der Waals surface area (Å²) in [6.07, 6.45) is 2.25. The van der Waals surface area contributed by atoms with Gasteiger partial charge in [-0.25, -0.2) is 9.18 Å². The molecule has 0 bridgehead atoms. The van der Waals surface area contributed by atoms with Crippen LogP contribution in [0.2, 0.25) is 0 Å². The lowest BCUT2D eigenvalue weighted by molar-refractivity contribution is 0.0693. The fourth-order valence-corrected chi connectivity index (χ4v) is 3.92. The van der Waals surface area contributed by atoms with Crippen LogP contribution in [-0.4, -0.2) is 32.4 Å². The molecule has 5 rings (SSSR count). The van der Waals surface area contributed by atoms with Crippen LogP contribution in [0.4, 0.5) is 4.39 Å². The molecule has 2 N–H and O–H groups in total. The number of rotatable bonds is 2. The van der Waals surface area contributed by atoms with Gasteiger partial charge in [-0.3, -0.25) is 9.98 Å². The van der Waals surface area contributed by atoms with Gasteiger partial charge in [0.15, 0.2) is 0 Å². The molecule has 2 heterocycles. The van der Waals surface area contributed by atoms with Crippen LogP contribution in [0.15, 0.2) is 84.0 Å². The zero-order chi connectivity index (χ0) is 23.6. The maximum absolute atomic E-state index is 14.2. The number of fused-ring (bicyclic) bond motifs is 2. The Bertz CT molecular complexity index is 1310. The molecule has 3 aromatic carbocycles. The number of carbonyl (C=O) groups is 1. The highest BCUT2D eigenvalue weighted by Crippen LogP contribution is 2.34. The van der Waals surface area contributed by atoms with Crippen molar-refractivity contribution >= 4 is 22.6 Å². The van der Waals surface area contributed by atoms with E-state index in [1.807, 2.05) is 44.3 Å². The Balaban J connectivity index is 0.000000214. The summed E-state index contributed by atoms with van der Waals surface area (Å²) < 4.78 is 14.2. The number of aliphatic imine (C=N–C) groups is 1. The fraction of sp³-hybridized carbons (Fsp3) is 0.148. The van der Waals surface area contributed by atoms with E-state index in [0.717, 1.165) is 5.52 Å². The Kier molecular flexibility index (Phi) is 5.92. The molecule has 0 aliphatic carbocycles. The summed E-state index contributed by atoms with van der Waals surface area (Å²) in [6.45, 7) is 3.75. The van der Waals surface area contributed by atoms with Crippen LogP contribution in [0.5, 0.6) is 5.75 Å². The smallest absolute Gasteiger partial charge is 0.339 e. The first-order valence-corrected chi connectivity index (χ1v) is 10.5. The standard InChI is InChI=1S/C18H16FNO3.C9H7N/c1-18(2)9-13-10(5-4-8-14(13)19)15(20-18)11-6-3-7-12(16(11)21)17(22)23;1-2-6-9-8(4-1)5-3-7-10-9/h3-8,21H,9H2,1-2H3,(H,22,23);1-7H. The summed E-state index contributed by atoms with van der Waals surface area (Å²) in [6, 6.07) is 21.3. The van der Waals surface area contributed by atoms with Crippen LogP contribution >= 0.6 is 0 Å². The maximum Gasteiger partial charge on any atom is 0.339 e. The van der Waals surface area contributed by atoms with Gasteiger partial charge < -0.3 is 10.2 Å². The third-order valence-corrected chi connectivity index (χ3v) is 5.43. The Morgan fingerprint density at radius 2 is 1.64 bits per heavy atom. The highest BCUT2D eigenvalue weighted by atomic mass is 19.1. The van der Waals surface area contributed by atoms with Crippen molar-refractivity contribution in [1.29, 1.82) is 0 Å². The first kappa shape index (κ1) is 22.1. The lowest BCUT2D eigenvalue weighted by atomic mass is 9.84. The van der Waals surface area contributed by atoms with Gasteiger partial charge in [0.2, 0.25) is 0 Å². The van der Waals surface area contributed by atoms with Crippen molar-refractivity contribution in [3.8, 4) is 5.75 Å². The maximum atomic E-state index is 14.2. The van der Waals surface area contributed by atoms with Crippen LogP contribution in [0.25, 0.3) is 10.9 Å². The van der Waals surface area contributed by atoms with E-state index in [1.54, 1.807) is 24.3 Å². The second kappa shape index (κ2) is 8.82. The molecular formula is C27H23FN2O3. The predicted molar refractivity (Wildman–Crippen MR) is 127 cm³/mol. The zero-order valence-corrected chi connectivity index (χ0v) is 18.3. The van der Waals surface area contributed by atoms with Crippen molar-refractivity contribution < 1.29 is 19.4 Å². The van der Waals surface area contributed by atoms with Crippen molar-refractivity contribution in [3.63, 3.8) is 0 Å². The lowest BCUT2D eigenvalue weighted by Crippen LogP contribution is -2.30. The molecule has 33 heavy (non-hydrogen) atoms. The third-order valence-electron chi connectivity index (χ3n) is 5.43. The fourth-order valence-electron chi connectivity index (χ4n) is 3.92. The zero-order valence-electron chi connectivity index (χ0n) is 18.3. The number of benzene rings is 3. The highest BCUT2D eigenvalue weighted by molar-refractivity contribution is 6.17. The van der Waals surface area contributed by atoms with Gasteiger partial charge in [-0.2, -0.15) is 0 Å². The lowest BCUT2D eigenvalue weighted by Gasteiger charge is -2.29. The number of carboxylic acid groups (broad SMARTS) is 1. The molecule has 1 aliphatic rings. The Labute approximate surface area is 190 Å². The first-order chi connectivity index (χ1) is 15.8. The van der Waals surface area contributed by atoms with E-state index in [4.69, 9.17) is 0 Å². The molecule has 5 nitrogen and oxygen atoms in total. The van der Waals surface area contributed by atoms with E-state index in [0.29, 0.717) is 28.8 Å². The van der Waals surface area contributed by atoms with Gasteiger partial charge in [0, 0.05) is 29.1 Å². The summed E-state index contributed by atoms with van der Waals surface area (Å²) in [5, 5.41) is 20.7. The number of aromatic hydroxyl groups is 1. The molecule has 0 fully saturated rings. The Morgan fingerprint density at radius 3 is 2.39 bits per heavy atom. The summed E-state index contributed by atoms with van der Waals surface area (Å²) >= 11 is 0. The number of para-hydroxylation sites is 2. The molecule has 0 amide bonds. The van der Waals surface area contributed by atoms with Gasteiger partial charge in [-0.05, 0) is 49.7 Å². The molecular weight excluding hydrogens is 419 g/mol. The molecule has 0 saturated heterocycles. The minimum Gasteiger partial charge on any atom is -0.506 e. The molecule has 0 radical (unpaired) electrons. The van der Waals surface area contributed by atoms with Gasteiger partial charge in [0.1, 0.15) is 17.1 Å². The molecule has 6 heteroatoms. The highest BCUT2D eigenvalue weighted by Gasteiger charge is 2.31. The van der Waals surface area contributed by atoms with Crippen LogP contribution in [0.1, 0.15) is 40.9 Å². The second-order valence-electron chi connectivity index (χ2n) is 8.42. The molecule has 0 spiro atoms. The van der Waals surface area contributed by atoms with Crippen molar-refractivity contribution in [2.75, 3.05) is 0 Å². The van der Waals surface area contributed by atoms with E-state index >= 15 is 0 Å². The molecule has 166 valence electrons. The summed E-state index contributed by atoms with van der Waals surface area (Å²) in [5.74, 6) is -1.90. The average Bonchev–Trinajstić information content (AvgIpc) is 2.79. The van der Waals surface area contributed by atoms with Gasteiger partial charge in [0.25, 0.3) is 0 Å². The van der Waals surface area contributed by atoms with Gasteiger partial charge in [0.05, 0.1) is 16.8 Å². The molecule has 0 unspecified atom stereocenters. The van der Waals surface area contributed by atoms with E-state index in [-0.39, 0.29) is 17.1 Å². The van der Waals surface area contributed by atoms with Crippen LogP contribution in [0, 0.1) is 5.82 Å². The summed E-state index contributed by atoms with van der Waals surface area (Å²) in [4.78, 5) is 20.0. The largest absolute Gasteiger partial charge is 0.506 e. The van der Waals surface area contributed by atoms with Crippen molar-refractivity contribution in [2.45, 2.75) is 25.8 Å². The van der Waals surface area contributed by atoms with Crippen molar-refractivity contribution in [3.05, 3.63) is 107 Å². The minimum absolute atomic E-state index is 0.202. The number of hydrogen-bond donors (Lipinski definition) is 2. The predicted octanol–water partition coefficient (Wildman–Crippen LogP) is 5.64. The SMILES string of the molecule is CC1(C)Cc2c(F)cccc2C(c2cccc(C(=O)O)c2O)=N1.c1ccc2ncccc2c1. The van der Waals surface area contributed by atoms with E-state index in [2.05, 4.69) is 22.1 Å². The normalized spacial score (nSPS) is 14.0. The van der Waals surface area contributed by atoms with Gasteiger partial charge in [-0.15, -0.1) is 0 Å². The minimum atomic E-state index is -1.22. The number of pyridine rings is 1. The topological polar surface area (TPSA) is 82.8 Å². The molecule has 1 aliphatic heterocycles. The monoisotopic (exact) mass is 442 g/mol. The average molecular weight is 442 g/mol. The Morgan fingerprint density at radius 1 is 0.939 bits per heavy atom. The van der Waals surface area contributed by atoms with Crippen LogP contribution in [0.3, 0.4) is 0 Å². The molecule has 0 saturated carbocycles. The van der Waals surface area contributed by atoms with Crippen LogP contribution in [-0.2, 0) is 6.42 Å². The summed E-state index contributed by atoms with van der Waals surface area (Å²) in [7, 11) is 0. The van der Waals surface area contributed by atoms with Crippen molar-refractivity contribution in [1.82, 2.24) is 4.98 Å². The van der Waals surface area contributed by atoms with E-state index < -0.39 is 11.5 Å². The summed E-state index contributed by atoms with van der Waals surface area (Å²) in [5.41, 5.74) is 2.14. The number of aromatic nitrogens is 1. The molecule has 0 atom stereocenters. The van der Waals surface area contributed by atoms with E-state index in [1.165, 1.54) is 17.5 Å². The number of phenols is 1. The Hall–Kier alpha value is -4.06. The quantitative estimate of drug-likeness (QED) is 0.421. The second-order valence-corrected chi connectivity index (χ2v) is 8.42.